The van der Waals surface area contributed by atoms with Gasteiger partial charge in [-0.25, -0.2) is 8.70 Å². The third-order valence-corrected chi connectivity index (χ3v) is 7.39. The van der Waals surface area contributed by atoms with E-state index in [1.807, 2.05) is 18.0 Å². The molecule has 4 heteroatoms. The summed E-state index contributed by atoms with van der Waals surface area (Å²) >= 11 is 1.88. The average molecular weight is 386 g/mol. The molecule has 0 unspecified atom stereocenters. The van der Waals surface area contributed by atoms with Crippen molar-refractivity contribution in [2.24, 2.45) is 0 Å². The largest absolute Gasteiger partial charge is 0.381 e. The molecule has 27 heavy (non-hydrogen) atoms. The maximum Gasteiger partial charge on any atom is 0.128 e. The molecular formula is C23H28FNOS. The molecule has 0 aromatic heterocycles. The van der Waals surface area contributed by atoms with Gasteiger partial charge in [0.2, 0.25) is 0 Å². The van der Waals surface area contributed by atoms with E-state index in [2.05, 4.69) is 47.6 Å². The normalized spacial score (nSPS) is 24.8. The third kappa shape index (κ3) is 4.56. The Morgan fingerprint density at radius 3 is 2.52 bits per heavy atom. The molecular weight excluding hydrogens is 357 g/mol. The highest BCUT2D eigenvalue weighted by Crippen LogP contribution is 2.43. The Morgan fingerprint density at radius 2 is 1.78 bits per heavy atom. The van der Waals surface area contributed by atoms with Crippen molar-refractivity contribution in [3.63, 3.8) is 0 Å². The van der Waals surface area contributed by atoms with E-state index in [-0.39, 0.29) is 5.82 Å². The van der Waals surface area contributed by atoms with Gasteiger partial charge < -0.3 is 4.74 Å². The zero-order chi connectivity index (χ0) is 18.6. The second-order valence-electron chi connectivity index (χ2n) is 7.74. The summed E-state index contributed by atoms with van der Waals surface area (Å²) in [6.45, 7) is 4.49. The number of ether oxygens (including phenoxy) is 1. The number of hydrogen-bond acceptors (Lipinski definition) is 3. The van der Waals surface area contributed by atoms with Crippen molar-refractivity contribution in [3.8, 4) is 0 Å². The van der Waals surface area contributed by atoms with Crippen molar-refractivity contribution in [1.29, 1.82) is 0 Å². The molecule has 4 rings (SSSR count). The summed E-state index contributed by atoms with van der Waals surface area (Å²) in [4.78, 5) is 0. The maximum absolute atomic E-state index is 14.8. The first-order valence-electron chi connectivity index (χ1n) is 10.0. The van der Waals surface area contributed by atoms with Crippen molar-refractivity contribution in [3.05, 3.63) is 71.0 Å². The lowest BCUT2D eigenvalue weighted by atomic mass is 9.91. The van der Waals surface area contributed by atoms with Crippen LogP contribution in [0.4, 0.5) is 4.39 Å². The first kappa shape index (κ1) is 19.0. The van der Waals surface area contributed by atoms with Crippen LogP contribution in [0.3, 0.4) is 0 Å². The summed E-state index contributed by atoms with van der Waals surface area (Å²) in [5.41, 5.74) is 3.30. The Labute approximate surface area is 166 Å². The predicted molar refractivity (Wildman–Crippen MR) is 110 cm³/mol. The molecule has 2 aromatic rings. The van der Waals surface area contributed by atoms with Crippen LogP contribution in [0.1, 0.15) is 60.5 Å². The van der Waals surface area contributed by atoms with E-state index >= 15 is 0 Å². The highest BCUT2D eigenvalue weighted by Gasteiger charge is 2.28. The van der Waals surface area contributed by atoms with Gasteiger partial charge in [0, 0.05) is 36.6 Å². The van der Waals surface area contributed by atoms with Crippen molar-refractivity contribution in [2.45, 2.75) is 56.4 Å². The molecule has 0 radical (unpaired) electrons. The second-order valence-corrected chi connectivity index (χ2v) is 8.99. The van der Waals surface area contributed by atoms with E-state index in [1.54, 1.807) is 6.07 Å². The average Bonchev–Trinajstić information content (AvgIpc) is 2.72. The monoisotopic (exact) mass is 385 g/mol. The van der Waals surface area contributed by atoms with Gasteiger partial charge in [-0.2, -0.15) is 0 Å². The van der Waals surface area contributed by atoms with Gasteiger partial charge in [0.05, 0.1) is 0 Å². The molecule has 0 N–H and O–H groups in total. The topological polar surface area (TPSA) is 12.5 Å². The highest BCUT2D eigenvalue weighted by atomic mass is 32.2. The minimum atomic E-state index is -0.0615. The van der Waals surface area contributed by atoms with Crippen LogP contribution in [-0.4, -0.2) is 23.6 Å². The first-order chi connectivity index (χ1) is 13.2. The van der Waals surface area contributed by atoms with Crippen LogP contribution in [0.25, 0.3) is 0 Å². The zero-order valence-electron chi connectivity index (χ0n) is 15.9. The quantitative estimate of drug-likeness (QED) is 0.591. The fourth-order valence-electron chi connectivity index (χ4n) is 4.09. The summed E-state index contributed by atoms with van der Waals surface area (Å²) in [5.74, 6) is 0.377. The Bertz CT molecular complexity index is 747. The SMILES string of the molecule is C[C@H]1CC[C@H](c2ccccc2)SN1Cc1ccc(C2CCOCC2)cc1F. The minimum Gasteiger partial charge on any atom is -0.381 e. The molecule has 2 nitrogen and oxygen atoms in total. The van der Waals surface area contributed by atoms with E-state index in [1.165, 1.54) is 12.0 Å². The molecule has 0 amide bonds. The molecule has 2 aromatic carbocycles. The van der Waals surface area contributed by atoms with E-state index in [9.17, 15) is 4.39 Å². The third-order valence-electron chi connectivity index (χ3n) is 5.87. The lowest BCUT2D eigenvalue weighted by molar-refractivity contribution is 0.0852. The molecule has 2 fully saturated rings. The smallest absolute Gasteiger partial charge is 0.128 e. The zero-order valence-corrected chi connectivity index (χ0v) is 16.8. The summed E-state index contributed by atoms with van der Waals surface area (Å²) in [6.07, 6.45) is 4.32. The van der Waals surface area contributed by atoms with Crippen molar-refractivity contribution >= 4 is 11.9 Å². The van der Waals surface area contributed by atoms with Gasteiger partial charge >= 0.3 is 0 Å². The van der Waals surface area contributed by atoms with Crippen molar-refractivity contribution in [2.75, 3.05) is 13.2 Å². The van der Waals surface area contributed by atoms with Gasteiger partial charge in [0.1, 0.15) is 5.82 Å². The molecule has 0 spiro atoms. The van der Waals surface area contributed by atoms with Crippen LogP contribution in [0.5, 0.6) is 0 Å². The fraction of sp³-hybridized carbons (Fsp3) is 0.478. The Balaban J connectivity index is 1.45. The fourth-order valence-corrected chi connectivity index (χ4v) is 5.46. The number of benzene rings is 2. The molecule has 2 heterocycles. The van der Waals surface area contributed by atoms with Gasteiger partial charge in [-0.1, -0.05) is 54.4 Å². The second kappa shape index (κ2) is 8.76. The van der Waals surface area contributed by atoms with E-state index < -0.39 is 0 Å². The molecule has 144 valence electrons. The molecule has 0 bridgehead atoms. The number of halogens is 1. The lowest BCUT2D eigenvalue weighted by Gasteiger charge is -2.37. The molecule has 2 aliphatic heterocycles. The Hall–Kier alpha value is -1.36. The van der Waals surface area contributed by atoms with Crippen LogP contribution in [-0.2, 0) is 11.3 Å². The molecule has 2 saturated heterocycles. The highest BCUT2D eigenvalue weighted by molar-refractivity contribution is 7.97. The standard InChI is InChI=1S/C23H28FNOS/c1-17-7-10-23(19-5-3-2-4-6-19)27-25(17)16-21-9-8-20(15-22(21)24)18-11-13-26-14-12-18/h2-6,8-9,15,17-18,23H,7,10-14,16H2,1H3/t17-,23+/m0/s1. The van der Waals surface area contributed by atoms with Gasteiger partial charge in [-0.3, -0.25) is 0 Å². The Morgan fingerprint density at radius 1 is 1.00 bits per heavy atom. The van der Waals surface area contributed by atoms with E-state index in [4.69, 9.17) is 4.74 Å². The molecule has 2 aliphatic rings. The predicted octanol–water partition coefficient (Wildman–Crippen LogP) is 6.09. The van der Waals surface area contributed by atoms with Crippen molar-refractivity contribution < 1.29 is 9.13 Å². The molecule has 2 atom stereocenters. The van der Waals surface area contributed by atoms with Crippen LogP contribution in [0, 0.1) is 5.82 Å². The number of hydrogen-bond donors (Lipinski definition) is 0. The van der Waals surface area contributed by atoms with Crippen LogP contribution < -0.4 is 0 Å². The van der Waals surface area contributed by atoms with Gasteiger partial charge in [-0.05, 0) is 55.7 Å². The summed E-state index contributed by atoms with van der Waals surface area (Å²) in [5, 5.41) is 0.465. The van der Waals surface area contributed by atoms with Crippen LogP contribution in [0.2, 0.25) is 0 Å². The molecule has 0 saturated carbocycles. The van der Waals surface area contributed by atoms with Crippen molar-refractivity contribution in [1.82, 2.24) is 4.31 Å². The first-order valence-corrected chi connectivity index (χ1v) is 10.9. The summed E-state index contributed by atoms with van der Waals surface area (Å²) < 4.78 is 22.6. The van der Waals surface area contributed by atoms with E-state index in [0.717, 1.165) is 43.6 Å². The molecule has 0 aliphatic carbocycles. The lowest BCUT2D eigenvalue weighted by Crippen LogP contribution is -2.31. The van der Waals surface area contributed by atoms with Gasteiger partial charge in [0.25, 0.3) is 0 Å². The van der Waals surface area contributed by atoms with Crippen LogP contribution >= 0.6 is 11.9 Å². The summed E-state index contributed by atoms with van der Waals surface area (Å²) in [7, 11) is 0. The summed E-state index contributed by atoms with van der Waals surface area (Å²) in [6, 6.07) is 17.0. The number of nitrogens with zero attached hydrogens (tertiary/aromatic N) is 1. The number of rotatable bonds is 4. The van der Waals surface area contributed by atoms with Gasteiger partial charge in [0.15, 0.2) is 0 Å². The van der Waals surface area contributed by atoms with Gasteiger partial charge in [-0.15, -0.1) is 0 Å². The maximum atomic E-state index is 14.8. The Kier molecular flexibility index (Phi) is 6.16. The minimum absolute atomic E-state index is 0.0615. The van der Waals surface area contributed by atoms with E-state index in [0.29, 0.717) is 23.8 Å². The van der Waals surface area contributed by atoms with Crippen LogP contribution in [0.15, 0.2) is 48.5 Å².